The number of hydrogen-bond donors (Lipinski definition) is 2. The van der Waals surface area contributed by atoms with Gasteiger partial charge in [0, 0.05) is 28.0 Å². The molecule has 1 aromatic carbocycles. The second-order valence-corrected chi connectivity index (χ2v) is 7.08. The Bertz CT molecular complexity index is 1060. The number of benzene rings is 1. The fourth-order valence-electron chi connectivity index (χ4n) is 2.89. The molecule has 9 nitrogen and oxygen atoms in total. The Labute approximate surface area is 157 Å². The highest BCUT2D eigenvalue weighted by Gasteiger charge is 2.21. The van der Waals surface area contributed by atoms with E-state index in [-0.39, 0.29) is 0 Å². The Hall–Kier alpha value is -3.45. The number of H-pyrrole nitrogens is 2. The minimum absolute atomic E-state index is 0.477. The molecule has 0 aliphatic heterocycles. The Morgan fingerprint density at radius 3 is 2.19 bits per heavy atom. The minimum atomic E-state index is 0.477. The quantitative estimate of drug-likeness (QED) is 0.526. The molecule has 0 radical (unpaired) electrons. The van der Waals surface area contributed by atoms with Gasteiger partial charge in [-0.25, -0.2) is 4.98 Å². The third kappa shape index (κ3) is 3.20. The van der Waals surface area contributed by atoms with Gasteiger partial charge in [0.2, 0.25) is 11.6 Å². The molecular weight excluding hydrogens is 362 g/mol. The SMILES string of the molecule is C(#Cc1nc(C2CCC2)cs1)c1cc(-c2nn[nH]n2)cc(-c2nn[nH]n2)c1. The van der Waals surface area contributed by atoms with Gasteiger partial charge in [-0.2, -0.15) is 10.4 Å². The maximum atomic E-state index is 4.66. The van der Waals surface area contributed by atoms with Crippen LogP contribution in [0.4, 0.5) is 0 Å². The Morgan fingerprint density at radius 1 is 0.926 bits per heavy atom. The molecule has 1 aliphatic rings. The molecule has 3 aromatic heterocycles. The van der Waals surface area contributed by atoms with Gasteiger partial charge < -0.3 is 0 Å². The highest BCUT2D eigenvalue weighted by Crippen LogP contribution is 2.36. The van der Waals surface area contributed by atoms with Gasteiger partial charge in [-0.1, -0.05) is 12.3 Å². The maximum Gasteiger partial charge on any atom is 0.204 e. The van der Waals surface area contributed by atoms with Crippen molar-refractivity contribution in [2.75, 3.05) is 0 Å². The van der Waals surface area contributed by atoms with E-state index < -0.39 is 0 Å². The monoisotopic (exact) mass is 375 g/mol. The van der Waals surface area contributed by atoms with Crippen molar-refractivity contribution >= 4 is 11.3 Å². The van der Waals surface area contributed by atoms with Gasteiger partial charge in [-0.15, -0.1) is 31.7 Å². The third-order valence-corrected chi connectivity index (χ3v) is 5.28. The van der Waals surface area contributed by atoms with Crippen molar-refractivity contribution in [3.05, 3.63) is 39.8 Å². The van der Waals surface area contributed by atoms with E-state index in [1.54, 1.807) is 11.3 Å². The van der Waals surface area contributed by atoms with E-state index >= 15 is 0 Å². The molecule has 5 rings (SSSR count). The molecule has 0 amide bonds. The fourth-order valence-corrected chi connectivity index (χ4v) is 3.63. The normalized spacial score (nSPS) is 13.8. The molecule has 0 saturated heterocycles. The fraction of sp³-hybridized carbons (Fsp3) is 0.235. The lowest BCUT2D eigenvalue weighted by molar-refractivity contribution is 0.412. The average molecular weight is 375 g/mol. The molecule has 3 heterocycles. The first-order valence-electron chi connectivity index (χ1n) is 8.45. The van der Waals surface area contributed by atoms with E-state index in [0.29, 0.717) is 17.6 Å². The summed E-state index contributed by atoms with van der Waals surface area (Å²) in [6.45, 7) is 0. The molecule has 0 spiro atoms. The number of thiazole rings is 1. The molecule has 0 unspecified atom stereocenters. The first-order valence-corrected chi connectivity index (χ1v) is 9.33. The number of rotatable bonds is 3. The summed E-state index contributed by atoms with van der Waals surface area (Å²) in [6.07, 6.45) is 3.76. The number of nitrogens with zero attached hydrogens (tertiary/aromatic N) is 7. The van der Waals surface area contributed by atoms with E-state index in [1.165, 1.54) is 25.0 Å². The van der Waals surface area contributed by atoms with Crippen LogP contribution in [0.15, 0.2) is 23.6 Å². The maximum absolute atomic E-state index is 4.66. The van der Waals surface area contributed by atoms with Crippen LogP contribution in [0, 0.1) is 11.8 Å². The molecule has 0 atom stereocenters. The lowest BCUT2D eigenvalue weighted by atomic mass is 9.83. The highest BCUT2D eigenvalue weighted by atomic mass is 32.1. The largest absolute Gasteiger partial charge is 0.232 e. The standard InChI is InChI=1S/C17H13N9S/c1-2-11(3-1)14-9-27-15(18-14)5-4-10-6-12(16-19-23-24-20-16)8-13(7-10)17-21-25-26-22-17/h6-9,11H,1-3H2,(H,19,20,23,24)(H,21,22,25,26). The van der Waals surface area contributed by atoms with E-state index in [4.69, 9.17) is 0 Å². The minimum Gasteiger partial charge on any atom is -0.232 e. The molecule has 1 aliphatic carbocycles. The summed E-state index contributed by atoms with van der Waals surface area (Å²) in [4.78, 5) is 4.66. The second-order valence-electron chi connectivity index (χ2n) is 6.23. The van der Waals surface area contributed by atoms with Crippen LogP contribution < -0.4 is 0 Å². The molecule has 132 valence electrons. The highest BCUT2D eigenvalue weighted by molar-refractivity contribution is 7.10. The van der Waals surface area contributed by atoms with Crippen molar-refractivity contribution in [2.24, 2.45) is 0 Å². The summed E-state index contributed by atoms with van der Waals surface area (Å²) in [5.41, 5.74) is 3.50. The van der Waals surface area contributed by atoms with E-state index in [0.717, 1.165) is 21.7 Å². The molecule has 10 heteroatoms. The van der Waals surface area contributed by atoms with Crippen LogP contribution in [0.5, 0.6) is 0 Å². The van der Waals surface area contributed by atoms with Gasteiger partial charge >= 0.3 is 0 Å². The van der Waals surface area contributed by atoms with Gasteiger partial charge in [0.15, 0.2) is 5.01 Å². The van der Waals surface area contributed by atoms with Gasteiger partial charge in [-0.3, -0.25) is 0 Å². The predicted molar refractivity (Wildman–Crippen MR) is 97.5 cm³/mol. The summed E-state index contributed by atoms with van der Waals surface area (Å²) < 4.78 is 0. The topological polar surface area (TPSA) is 122 Å². The van der Waals surface area contributed by atoms with Crippen molar-refractivity contribution in [3.63, 3.8) is 0 Å². The lowest BCUT2D eigenvalue weighted by Gasteiger charge is -2.22. The zero-order chi connectivity index (χ0) is 18.1. The molecule has 27 heavy (non-hydrogen) atoms. The molecular formula is C17H13N9S. The second kappa shape index (κ2) is 6.69. The van der Waals surface area contributed by atoms with E-state index in [1.807, 2.05) is 18.2 Å². The van der Waals surface area contributed by atoms with Gasteiger partial charge in [0.1, 0.15) is 0 Å². The van der Waals surface area contributed by atoms with Gasteiger partial charge in [-0.05, 0) is 47.4 Å². The summed E-state index contributed by atoms with van der Waals surface area (Å²) in [5.74, 6) is 7.91. The van der Waals surface area contributed by atoms with Crippen LogP contribution in [0.3, 0.4) is 0 Å². The average Bonchev–Trinajstić information content (AvgIpc) is 3.40. The van der Waals surface area contributed by atoms with Crippen molar-refractivity contribution in [1.29, 1.82) is 0 Å². The van der Waals surface area contributed by atoms with Crippen LogP contribution >= 0.6 is 11.3 Å². The van der Waals surface area contributed by atoms with Crippen LogP contribution in [0.25, 0.3) is 22.8 Å². The zero-order valence-corrected chi connectivity index (χ0v) is 14.9. The molecule has 1 fully saturated rings. The lowest BCUT2D eigenvalue weighted by Crippen LogP contribution is -2.08. The van der Waals surface area contributed by atoms with Crippen LogP contribution in [0.1, 0.15) is 41.4 Å². The molecule has 1 saturated carbocycles. The van der Waals surface area contributed by atoms with Gasteiger partial charge in [0.05, 0.1) is 5.69 Å². The smallest absolute Gasteiger partial charge is 0.204 e. The van der Waals surface area contributed by atoms with Crippen LogP contribution in [-0.2, 0) is 0 Å². The summed E-state index contributed by atoms with van der Waals surface area (Å²) >= 11 is 1.59. The first-order chi connectivity index (χ1) is 13.3. The van der Waals surface area contributed by atoms with Crippen LogP contribution in [-0.4, -0.2) is 46.2 Å². The Morgan fingerprint density at radius 2 is 1.63 bits per heavy atom. The van der Waals surface area contributed by atoms with Crippen molar-refractivity contribution in [2.45, 2.75) is 25.2 Å². The zero-order valence-electron chi connectivity index (χ0n) is 14.0. The predicted octanol–water partition coefficient (Wildman–Crippen LogP) is 2.17. The van der Waals surface area contributed by atoms with Gasteiger partial charge in [0.25, 0.3) is 0 Å². The van der Waals surface area contributed by atoms with E-state index in [2.05, 4.69) is 63.5 Å². The number of tetrazole rings is 2. The van der Waals surface area contributed by atoms with E-state index in [9.17, 15) is 0 Å². The van der Waals surface area contributed by atoms with Crippen molar-refractivity contribution in [3.8, 4) is 34.6 Å². The molecule has 2 N–H and O–H groups in total. The van der Waals surface area contributed by atoms with Crippen molar-refractivity contribution < 1.29 is 0 Å². The summed E-state index contributed by atoms with van der Waals surface area (Å²) in [5, 5.41) is 31.2. The molecule has 4 aromatic rings. The number of nitrogens with one attached hydrogen (secondary N) is 2. The summed E-state index contributed by atoms with van der Waals surface area (Å²) in [7, 11) is 0. The number of aromatic amines is 2. The van der Waals surface area contributed by atoms with Crippen molar-refractivity contribution in [1.82, 2.24) is 46.2 Å². The van der Waals surface area contributed by atoms with Crippen LogP contribution in [0.2, 0.25) is 0 Å². The molecule has 0 bridgehead atoms. The number of aromatic nitrogens is 9. The Kier molecular flexibility index (Phi) is 3.91. The number of hydrogen-bond acceptors (Lipinski definition) is 8. The third-order valence-electron chi connectivity index (χ3n) is 4.50. The Balaban J connectivity index is 1.51. The first kappa shape index (κ1) is 15.8. The summed E-state index contributed by atoms with van der Waals surface area (Å²) in [6, 6.07) is 5.68.